The van der Waals surface area contributed by atoms with E-state index in [1.807, 2.05) is 67.6 Å². The van der Waals surface area contributed by atoms with Gasteiger partial charge in [0.1, 0.15) is 12.4 Å². The SMILES string of the molecule is CCOC(=O)C(C)(Cc1ccc(OCCN2c3ccccc3Oc3ccccc32)cc1)OCC. The number of carbonyl (C=O) groups excluding carboxylic acids is 1. The Bertz CT molecular complexity index is 1070. The summed E-state index contributed by atoms with van der Waals surface area (Å²) < 4.78 is 23.1. The molecule has 1 atom stereocenters. The lowest BCUT2D eigenvalue weighted by Gasteiger charge is -2.32. The van der Waals surface area contributed by atoms with Crippen LogP contribution in [0, 0.1) is 0 Å². The van der Waals surface area contributed by atoms with E-state index in [2.05, 4.69) is 17.0 Å². The minimum absolute atomic E-state index is 0.326. The normalized spacial score (nSPS) is 13.8. The number of ether oxygens (including phenoxy) is 4. The van der Waals surface area contributed by atoms with E-state index >= 15 is 0 Å². The van der Waals surface area contributed by atoms with Crippen LogP contribution in [-0.4, -0.2) is 37.9 Å². The number of rotatable bonds is 10. The van der Waals surface area contributed by atoms with Crippen molar-refractivity contribution in [2.45, 2.75) is 32.8 Å². The quantitative estimate of drug-likeness (QED) is 0.350. The minimum atomic E-state index is -1.01. The number of nitrogens with zero attached hydrogens (tertiary/aromatic N) is 1. The summed E-state index contributed by atoms with van der Waals surface area (Å²) in [7, 11) is 0. The largest absolute Gasteiger partial charge is 0.492 e. The van der Waals surface area contributed by atoms with Crippen LogP contribution in [0.5, 0.6) is 17.2 Å². The van der Waals surface area contributed by atoms with Crippen LogP contribution in [0.4, 0.5) is 11.4 Å². The van der Waals surface area contributed by atoms with Gasteiger partial charge in [-0.2, -0.15) is 0 Å². The lowest BCUT2D eigenvalue weighted by molar-refractivity contribution is -0.169. The molecule has 178 valence electrons. The predicted molar refractivity (Wildman–Crippen MR) is 132 cm³/mol. The van der Waals surface area contributed by atoms with E-state index in [1.54, 1.807) is 13.8 Å². The first-order valence-electron chi connectivity index (χ1n) is 11.7. The Labute approximate surface area is 201 Å². The Hall–Kier alpha value is -3.51. The molecule has 0 saturated carbocycles. The van der Waals surface area contributed by atoms with Crippen molar-refractivity contribution in [1.82, 2.24) is 0 Å². The van der Waals surface area contributed by atoms with Gasteiger partial charge < -0.3 is 23.8 Å². The molecule has 0 bridgehead atoms. The van der Waals surface area contributed by atoms with Gasteiger partial charge in [-0.15, -0.1) is 0 Å². The fourth-order valence-electron chi connectivity index (χ4n) is 4.15. The van der Waals surface area contributed by atoms with Crippen LogP contribution in [0.15, 0.2) is 72.8 Å². The summed E-state index contributed by atoms with van der Waals surface area (Å²) in [6, 6.07) is 23.8. The molecule has 3 aromatic carbocycles. The number of anilines is 2. The van der Waals surface area contributed by atoms with Gasteiger partial charge in [0.15, 0.2) is 17.1 Å². The topological polar surface area (TPSA) is 57.2 Å². The van der Waals surface area contributed by atoms with Crippen LogP contribution < -0.4 is 14.4 Å². The van der Waals surface area contributed by atoms with Crippen molar-refractivity contribution in [3.63, 3.8) is 0 Å². The van der Waals surface area contributed by atoms with Crippen molar-refractivity contribution in [2.75, 3.05) is 31.3 Å². The average molecular weight is 462 g/mol. The zero-order chi connectivity index (χ0) is 24.0. The summed E-state index contributed by atoms with van der Waals surface area (Å²) in [5.74, 6) is 2.10. The second-order valence-corrected chi connectivity index (χ2v) is 8.24. The van der Waals surface area contributed by atoms with Crippen LogP contribution in [-0.2, 0) is 20.7 Å². The molecule has 1 unspecified atom stereocenters. The fraction of sp³-hybridized carbons (Fsp3) is 0.321. The first-order chi connectivity index (χ1) is 16.5. The molecule has 0 N–H and O–H groups in total. The van der Waals surface area contributed by atoms with Crippen molar-refractivity contribution in [3.05, 3.63) is 78.4 Å². The summed E-state index contributed by atoms with van der Waals surface area (Å²) in [5, 5.41) is 0. The number of fused-ring (bicyclic) bond motifs is 2. The van der Waals surface area contributed by atoms with Crippen LogP contribution in [0.25, 0.3) is 0 Å². The van der Waals surface area contributed by atoms with E-state index in [0.29, 0.717) is 32.8 Å². The molecule has 0 spiro atoms. The third kappa shape index (κ3) is 5.18. The van der Waals surface area contributed by atoms with E-state index in [-0.39, 0.29) is 5.97 Å². The zero-order valence-electron chi connectivity index (χ0n) is 20.0. The Balaban J connectivity index is 1.40. The van der Waals surface area contributed by atoms with E-state index in [1.165, 1.54) is 0 Å². The van der Waals surface area contributed by atoms with E-state index < -0.39 is 5.60 Å². The lowest BCUT2D eigenvalue weighted by Crippen LogP contribution is -2.42. The van der Waals surface area contributed by atoms with Crippen LogP contribution >= 0.6 is 0 Å². The maximum absolute atomic E-state index is 12.4. The summed E-state index contributed by atoms with van der Waals surface area (Å²) >= 11 is 0. The van der Waals surface area contributed by atoms with Gasteiger partial charge in [-0.05, 0) is 62.7 Å². The maximum atomic E-state index is 12.4. The monoisotopic (exact) mass is 461 g/mol. The van der Waals surface area contributed by atoms with Crippen molar-refractivity contribution in [1.29, 1.82) is 0 Å². The molecular formula is C28H31NO5. The number of carbonyl (C=O) groups is 1. The molecule has 6 heteroatoms. The standard InChI is InChI=1S/C28H31NO5/c1-4-31-27(30)28(3,33-5-2)20-21-14-16-22(17-15-21)32-19-18-29-23-10-6-8-12-25(23)34-26-13-9-7-11-24(26)29/h6-17H,4-5,18-20H2,1-3H3. The van der Waals surface area contributed by atoms with Gasteiger partial charge in [0.05, 0.1) is 24.5 Å². The summed E-state index contributed by atoms with van der Waals surface area (Å²) in [6.07, 6.45) is 0.432. The van der Waals surface area contributed by atoms with Crippen molar-refractivity contribution < 1.29 is 23.7 Å². The van der Waals surface area contributed by atoms with Gasteiger partial charge in [-0.3, -0.25) is 0 Å². The summed E-state index contributed by atoms with van der Waals surface area (Å²) in [6.45, 7) is 7.38. The molecule has 3 aromatic rings. The van der Waals surface area contributed by atoms with Gasteiger partial charge in [-0.25, -0.2) is 4.79 Å². The Kier molecular flexibility index (Phi) is 7.38. The number of hydrogen-bond acceptors (Lipinski definition) is 6. The molecule has 1 heterocycles. The highest BCUT2D eigenvalue weighted by Gasteiger charge is 2.35. The molecular weight excluding hydrogens is 430 g/mol. The van der Waals surface area contributed by atoms with Gasteiger partial charge in [-0.1, -0.05) is 36.4 Å². The van der Waals surface area contributed by atoms with Crippen LogP contribution in [0.2, 0.25) is 0 Å². The van der Waals surface area contributed by atoms with Crippen molar-refractivity contribution in [2.24, 2.45) is 0 Å². The van der Waals surface area contributed by atoms with Crippen LogP contribution in [0.3, 0.4) is 0 Å². The highest BCUT2D eigenvalue weighted by Crippen LogP contribution is 2.45. The van der Waals surface area contributed by atoms with Gasteiger partial charge >= 0.3 is 5.97 Å². The highest BCUT2D eigenvalue weighted by atomic mass is 16.6. The van der Waals surface area contributed by atoms with Gasteiger partial charge in [0, 0.05) is 13.0 Å². The number of benzene rings is 3. The van der Waals surface area contributed by atoms with Gasteiger partial charge in [0.2, 0.25) is 0 Å². The van der Waals surface area contributed by atoms with E-state index in [4.69, 9.17) is 18.9 Å². The highest BCUT2D eigenvalue weighted by molar-refractivity contribution is 5.79. The summed E-state index contributed by atoms with van der Waals surface area (Å²) in [4.78, 5) is 14.6. The molecule has 0 aromatic heterocycles. The van der Waals surface area contributed by atoms with Gasteiger partial charge in [0.25, 0.3) is 0 Å². The second-order valence-electron chi connectivity index (χ2n) is 8.24. The smallest absolute Gasteiger partial charge is 0.338 e. The Morgan fingerprint density at radius 2 is 1.50 bits per heavy atom. The average Bonchev–Trinajstić information content (AvgIpc) is 2.85. The molecule has 0 amide bonds. The number of para-hydroxylation sites is 4. The van der Waals surface area contributed by atoms with E-state index in [0.717, 1.165) is 34.2 Å². The fourth-order valence-corrected chi connectivity index (χ4v) is 4.15. The Morgan fingerprint density at radius 3 is 2.09 bits per heavy atom. The molecule has 0 radical (unpaired) electrons. The Morgan fingerprint density at radius 1 is 0.882 bits per heavy atom. The first kappa shape index (κ1) is 23.6. The van der Waals surface area contributed by atoms with E-state index in [9.17, 15) is 4.79 Å². The molecule has 0 saturated heterocycles. The number of esters is 1. The third-order valence-electron chi connectivity index (χ3n) is 5.75. The number of hydrogen-bond donors (Lipinski definition) is 0. The molecule has 1 aliphatic heterocycles. The van der Waals surface area contributed by atoms with Crippen molar-refractivity contribution >= 4 is 17.3 Å². The summed E-state index contributed by atoms with van der Waals surface area (Å²) in [5.41, 5.74) is 2.01. The molecule has 4 rings (SSSR count). The molecule has 34 heavy (non-hydrogen) atoms. The van der Waals surface area contributed by atoms with Crippen LogP contribution in [0.1, 0.15) is 26.3 Å². The molecule has 6 nitrogen and oxygen atoms in total. The maximum Gasteiger partial charge on any atom is 0.338 e. The molecule has 0 aliphatic carbocycles. The first-order valence-corrected chi connectivity index (χ1v) is 11.7. The molecule has 1 aliphatic rings. The lowest BCUT2D eigenvalue weighted by atomic mass is 9.96. The third-order valence-corrected chi connectivity index (χ3v) is 5.75. The second kappa shape index (κ2) is 10.6. The minimum Gasteiger partial charge on any atom is -0.492 e. The van der Waals surface area contributed by atoms with Crippen molar-refractivity contribution in [3.8, 4) is 17.2 Å². The molecule has 0 fully saturated rings. The predicted octanol–water partition coefficient (Wildman–Crippen LogP) is 5.91. The zero-order valence-corrected chi connectivity index (χ0v) is 20.0.